The van der Waals surface area contributed by atoms with Crippen molar-refractivity contribution in [1.82, 2.24) is 5.32 Å². The fourth-order valence-corrected chi connectivity index (χ4v) is 2.72. The van der Waals surface area contributed by atoms with Crippen molar-refractivity contribution in [2.24, 2.45) is 0 Å². The first-order chi connectivity index (χ1) is 12.2. The van der Waals surface area contributed by atoms with Crippen LogP contribution >= 0.6 is 0 Å². The summed E-state index contributed by atoms with van der Waals surface area (Å²) in [5.41, 5.74) is 1.75. The van der Waals surface area contributed by atoms with Gasteiger partial charge >= 0.3 is 5.97 Å². The van der Waals surface area contributed by atoms with E-state index in [1.807, 2.05) is 60.7 Å². The Bertz CT molecular complexity index is 658. The number of allylic oxidation sites excluding steroid dienone is 1. The maximum Gasteiger partial charge on any atom is 0.328 e. The van der Waals surface area contributed by atoms with Gasteiger partial charge in [0.1, 0.15) is 6.04 Å². The Morgan fingerprint density at radius 3 is 2.00 bits per heavy atom. The zero-order chi connectivity index (χ0) is 18.1. The van der Waals surface area contributed by atoms with Gasteiger partial charge in [0.25, 0.3) is 0 Å². The average Bonchev–Trinajstić information content (AvgIpc) is 2.66. The summed E-state index contributed by atoms with van der Waals surface area (Å²) in [6.45, 7) is 3.66. The fraction of sp³-hybridized carbons (Fsp3) is 0.238. The van der Waals surface area contributed by atoms with Gasteiger partial charge in [-0.3, -0.25) is 4.79 Å². The van der Waals surface area contributed by atoms with E-state index in [0.29, 0.717) is 12.8 Å². The fourth-order valence-electron chi connectivity index (χ4n) is 2.72. The first-order valence-electron chi connectivity index (χ1n) is 8.26. The minimum Gasteiger partial charge on any atom is -0.467 e. The van der Waals surface area contributed by atoms with Crippen LogP contribution in [0.2, 0.25) is 0 Å². The highest BCUT2D eigenvalue weighted by molar-refractivity contribution is 5.91. The van der Waals surface area contributed by atoms with Gasteiger partial charge in [0.2, 0.25) is 5.91 Å². The molecule has 0 bridgehead atoms. The molecule has 130 valence electrons. The maximum atomic E-state index is 13.0. The molecule has 0 spiro atoms. The molecule has 0 fully saturated rings. The first-order valence-corrected chi connectivity index (χ1v) is 8.26. The van der Waals surface area contributed by atoms with Crippen molar-refractivity contribution in [2.45, 2.75) is 24.8 Å². The van der Waals surface area contributed by atoms with Crippen LogP contribution in [-0.4, -0.2) is 25.0 Å². The summed E-state index contributed by atoms with van der Waals surface area (Å²) in [4.78, 5) is 25.0. The van der Waals surface area contributed by atoms with Crippen LogP contribution < -0.4 is 5.32 Å². The van der Waals surface area contributed by atoms with E-state index < -0.39 is 17.9 Å². The van der Waals surface area contributed by atoms with E-state index in [1.54, 1.807) is 6.08 Å². The summed E-state index contributed by atoms with van der Waals surface area (Å²) in [5, 5.41) is 2.84. The molecule has 0 heterocycles. The Labute approximate surface area is 148 Å². The number of benzene rings is 2. The van der Waals surface area contributed by atoms with E-state index in [9.17, 15) is 9.59 Å². The number of methoxy groups -OCH3 is 1. The summed E-state index contributed by atoms with van der Waals surface area (Å²) >= 11 is 0. The van der Waals surface area contributed by atoms with Gasteiger partial charge in [-0.05, 0) is 24.0 Å². The molecule has 2 aromatic rings. The lowest BCUT2D eigenvalue weighted by molar-refractivity contribution is -0.145. The maximum absolute atomic E-state index is 13.0. The number of ether oxygens (including phenoxy) is 1. The third-order valence-electron chi connectivity index (χ3n) is 3.99. The van der Waals surface area contributed by atoms with E-state index >= 15 is 0 Å². The van der Waals surface area contributed by atoms with Crippen LogP contribution in [0.5, 0.6) is 0 Å². The molecule has 0 aliphatic heterocycles. The topological polar surface area (TPSA) is 55.4 Å². The molecule has 4 nitrogen and oxygen atoms in total. The Morgan fingerprint density at radius 2 is 1.56 bits per heavy atom. The van der Waals surface area contributed by atoms with Gasteiger partial charge in [0, 0.05) is 0 Å². The molecule has 0 aliphatic carbocycles. The number of hydrogen-bond acceptors (Lipinski definition) is 3. The molecule has 2 aromatic carbocycles. The molecule has 0 aromatic heterocycles. The van der Waals surface area contributed by atoms with Crippen molar-refractivity contribution in [3.05, 3.63) is 84.4 Å². The number of nitrogens with one attached hydrogen (secondary N) is 1. The molecule has 0 aliphatic rings. The molecule has 1 N–H and O–H groups in total. The van der Waals surface area contributed by atoms with Crippen LogP contribution in [0.25, 0.3) is 0 Å². The van der Waals surface area contributed by atoms with E-state index in [4.69, 9.17) is 4.74 Å². The highest BCUT2D eigenvalue weighted by Crippen LogP contribution is 2.25. The summed E-state index contributed by atoms with van der Waals surface area (Å²) in [6, 6.07) is 18.4. The quantitative estimate of drug-likeness (QED) is 0.593. The Balaban J connectivity index is 2.28. The van der Waals surface area contributed by atoms with Crippen molar-refractivity contribution in [3.63, 3.8) is 0 Å². The zero-order valence-corrected chi connectivity index (χ0v) is 14.4. The number of esters is 1. The molecule has 0 saturated carbocycles. The van der Waals surface area contributed by atoms with Crippen molar-refractivity contribution >= 4 is 11.9 Å². The second-order valence-corrected chi connectivity index (χ2v) is 5.70. The highest BCUT2D eigenvalue weighted by Gasteiger charge is 2.27. The predicted molar refractivity (Wildman–Crippen MR) is 98.1 cm³/mol. The second-order valence-electron chi connectivity index (χ2n) is 5.70. The molecule has 1 atom stereocenters. The lowest BCUT2D eigenvalue weighted by Gasteiger charge is -2.22. The Kier molecular flexibility index (Phi) is 6.96. The van der Waals surface area contributed by atoms with E-state index in [-0.39, 0.29) is 5.91 Å². The molecule has 4 heteroatoms. The van der Waals surface area contributed by atoms with E-state index in [1.165, 1.54) is 7.11 Å². The summed E-state index contributed by atoms with van der Waals surface area (Å²) in [5.74, 6) is -1.16. The van der Waals surface area contributed by atoms with Crippen LogP contribution in [0.4, 0.5) is 0 Å². The van der Waals surface area contributed by atoms with Crippen LogP contribution in [0.1, 0.15) is 29.9 Å². The standard InChI is InChI=1S/C21H23NO3/c1-3-4-15-18(21(24)25-2)22-20(23)19(16-11-7-5-8-12-16)17-13-9-6-10-14-17/h3,5-14,18-19H,1,4,15H2,2H3,(H,22,23)/t18-/m1/s1. The van der Waals surface area contributed by atoms with Crippen molar-refractivity contribution in [2.75, 3.05) is 7.11 Å². The third kappa shape index (κ3) is 5.05. The molecule has 1 amide bonds. The molecule has 2 rings (SSSR count). The van der Waals surface area contributed by atoms with Crippen LogP contribution in [0.3, 0.4) is 0 Å². The lowest BCUT2D eigenvalue weighted by atomic mass is 9.90. The Morgan fingerprint density at radius 1 is 1.04 bits per heavy atom. The van der Waals surface area contributed by atoms with Gasteiger partial charge in [-0.2, -0.15) is 0 Å². The SMILES string of the molecule is C=CCC[C@@H](NC(=O)C(c1ccccc1)c1ccccc1)C(=O)OC. The van der Waals surface area contributed by atoms with Crippen molar-refractivity contribution in [3.8, 4) is 0 Å². The van der Waals surface area contributed by atoms with Gasteiger partial charge in [-0.25, -0.2) is 4.79 Å². The van der Waals surface area contributed by atoms with Crippen LogP contribution in [0, 0.1) is 0 Å². The highest BCUT2D eigenvalue weighted by atomic mass is 16.5. The molecule has 0 radical (unpaired) electrons. The molecule has 25 heavy (non-hydrogen) atoms. The van der Waals surface area contributed by atoms with Crippen LogP contribution in [0.15, 0.2) is 73.3 Å². The number of amides is 1. The minimum atomic E-state index is -0.689. The van der Waals surface area contributed by atoms with Gasteiger partial charge in [-0.1, -0.05) is 66.7 Å². The van der Waals surface area contributed by atoms with Crippen LogP contribution in [-0.2, 0) is 14.3 Å². The first kappa shape index (κ1) is 18.5. The van der Waals surface area contributed by atoms with Gasteiger partial charge in [-0.15, -0.1) is 6.58 Å². The smallest absolute Gasteiger partial charge is 0.328 e. The van der Waals surface area contributed by atoms with Crippen molar-refractivity contribution < 1.29 is 14.3 Å². The largest absolute Gasteiger partial charge is 0.467 e. The number of rotatable bonds is 8. The summed E-state index contributed by atoms with van der Waals surface area (Å²) in [6.07, 6.45) is 2.79. The van der Waals surface area contributed by atoms with Gasteiger partial charge in [0.05, 0.1) is 13.0 Å². The molecular weight excluding hydrogens is 314 g/mol. The van der Waals surface area contributed by atoms with E-state index in [2.05, 4.69) is 11.9 Å². The predicted octanol–water partition coefficient (Wildman–Crippen LogP) is 3.44. The van der Waals surface area contributed by atoms with Crippen molar-refractivity contribution in [1.29, 1.82) is 0 Å². The average molecular weight is 337 g/mol. The number of hydrogen-bond donors (Lipinski definition) is 1. The van der Waals surface area contributed by atoms with Gasteiger partial charge < -0.3 is 10.1 Å². The minimum absolute atomic E-state index is 0.225. The second kappa shape index (κ2) is 9.42. The molecule has 0 saturated heterocycles. The third-order valence-corrected chi connectivity index (χ3v) is 3.99. The number of carbonyl (C=O) groups is 2. The van der Waals surface area contributed by atoms with E-state index in [0.717, 1.165) is 11.1 Å². The molecule has 0 unspecified atom stereocenters. The Hall–Kier alpha value is -2.88. The summed E-state index contributed by atoms with van der Waals surface area (Å²) < 4.78 is 4.81. The number of carbonyl (C=O) groups excluding carboxylic acids is 2. The summed E-state index contributed by atoms with van der Waals surface area (Å²) in [7, 11) is 1.32. The lowest BCUT2D eigenvalue weighted by Crippen LogP contribution is -2.43. The van der Waals surface area contributed by atoms with Gasteiger partial charge in [0.15, 0.2) is 0 Å². The molecular formula is C21H23NO3. The monoisotopic (exact) mass is 337 g/mol. The zero-order valence-electron chi connectivity index (χ0n) is 14.4. The normalized spacial score (nSPS) is 11.6.